The molecule has 0 fully saturated rings. The summed E-state index contributed by atoms with van der Waals surface area (Å²) in [6.07, 6.45) is 1.69. The predicted octanol–water partition coefficient (Wildman–Crippen LogP) is 2.45. The molecule has 0 bridgehead atoms. The molecule has 0 spiro atoms. The monoisotopic (exact) mass is 274 g/mol. The fraction of sp³-hybridized carbons (Fsp3) is 0.167. The SMILES string of the molecule is Cc1cc(-c2nnc(C(S)c3ccccn3)o2)no1. The number of rotatable bonds is 3. The van der Waals surface area contributed by atoms with Crippen molar-refractivity contribution in [2.75, 3.05) is 0 Å². The average molecular weight is 274 g/mol. The second-order valence-corrected chi connectivity index (χ2v) is 4.44. The van der Waals surface area contributed by atoms with E-state index in [1.54, 1.807) is 19.2 Å². The highest BCUT2D eigenvalue weighted by molar-refractivity contribution is 7.80. The Morgan fingerprint density at radius 3 is 2.84 bits per heavy atom. The van der Waals surface area contributed by atoms with Gasteiger partial charge in [-0.3, -0.25) is 4.98 Å². The number of thiol groups is 1. The standard InChI is InChI=1S/C12H10N4O2S/c1-7-6-9(16-18-7)11-14-15-12(17-11)10(19)8-4-2-3-5-13-8/h2-6,10,19H,1H3. The van der Waals surface area contributed by atoms with Gasteiger partial charge in [-0.1, -0.05) is 11.2 Å². The number of aryl methyl sites for hydroxylation is 1. The van der Waals surface area contributed by atoms with Crippen molar-refractivity contribution in [3.63, 3.8) is 0 Å². The molecule has 0 aliphatic heterocycles. The molecule has 0 aromatic carbocycles. The first-order valence-corrected chi connectivity index (χ1v) is 6.12. The lowest BCUT2D eigenvalue weighted by atomic mass is 10.2. The summed E-state index contributed by atoms with van der Waals surface area (Å²) in [6, 6.07) is 7.29. The van der Waals surface area contributed by atoms with Gasteiger partial charge in [-0.05, 0) is 19.1 Å². The third-order valence-electron chi connectivity index (χ3n) is 2.49. The molecule has 3 aromatic heterocycles. The Morgan fingerprint density at radius 2 is 2.16 bits per heavy atom. The normalized spacial score (nSPS) is 12.5. The molecular formula is C12H10N4O2S. The van der Waals surface area contributed by atoms with Crippen LogP contribution in [0.2, 0.25) is 0 Å². The van der Waals surface area contributed by atoms with Crippen LogP contribution in [0, 0.1) is 6.92 Å². The molecule has 96 valence electrons. The third-order valence-corrected chi connectivity index (χ3v) is 2.97. The Bertz CT molecular complexity index is 680. The summed E-state index contributed by atoms with van der Waals surface area (Å²) in [6.45, 7) is 1.79. The number of nitrogens with zero attached hydrogens (tertiary/aromatic N) is 4. The Balaban J connectivity index is 1.89. The van der Waals surface area contributed by atoms with Gasteiger partial charge in [0.25, 0.3) is 5.89 Å². The van der Waals surface area contributed by atoms with Gasteiger partial charge in [0.1, 0.15) is 11.0 Å². The first-order chi connectivity index (χ1) is 9.24. The summed E-state index contributed by atoms with van der Waals surface area (Å²) in [5.74, 6) is 1.36. The number of pyridine rings is 1. The minimum Gasteiger partial charge on any atom is -0.418 e. The summed E-state index contributed by atoms with van der Waals surface area (Å²) in [4.78, 5) is 4.20. The van der Waals surface area contributed by atoms with Crippen molar-refractivity contribution in [3.8, 4) is 11.6 Å². The van der Waals surface area contributed by atoms with Crippen molar-refractivity contribution in [2.24, 2.45) is 0 Å². The molecule has 0 radical (unpaired) electrons. The first kappa shape index (κ1) is 11.9. The van der Waals surface area contributed by atoms with Crippen LogP contribution in [-0.2, 0) is 0 Å². The summed E-state index contributed by atoms with van der Waals surface area (Å²) >= 11 is 4.44. The highest BCUT2D eigenvalue weighted by atomic mass is 32.1. The van der Waals surface area contributed by atoms with E-state index >= 15 is 0 Å². The Morgan fingerprint density at radius 1 is 1.26 bits per heavy atom. The zero-order chi connectivity index (χ0) is 13.2. The lowest BCUT2D eigenvalue weighted by Gasteiger charge is -2.03. The quantitative estimate of drug-likeness (QED) is 0.739. The van der Waals surface area contributed by atoms with E-state index < -0.39 is 0 Å². The van der Waals surface area contributed by atoms with Gasteiger partial charge in [0.05, 0.1) is 5.69 Å². The second-order valence-electron chi connectivity index (χ2n) is 3.93. The van der Waals surface area contributed by atoms with Crippen molar-refractivity contribution in [3.05, 3.63) is 47.8 Å². The summed E-state index contributed by atoms with van der Waals surface area (Å²) < 4.78 is 10.5. The third kappa shape index (κ3) is 2.37. The van der Waals surface area contributed by atoms with Crippen LogP contribution in [0.3, 0.4) is 0 Å². The number of hydrogen-bond donors (Lipinski definition) is 1. The minimum atomic E-state index is -0.365. The maximum Gasteiger partial charge on any atom is 0.269 e. The zero-order valence-electron chi connectivity index (χ0n) is 10.0. The topological polar surface area (TPSA) is 77.8 Å². The van der Waals surface area contributed by atoms with E-state index in [9.17, 15) is 0 Å². The molecular weight excluding hydrogens is 264 g/mol. The van der Waals surface area contributed by atoms with Crippen LogP contribution in [0.4, 0.5) is 0 Å². The van der Waals surface area contributed by atoms with E-state index in [0.717, 1.165) is 5.69 Å². The molecule has 19 heavy (non-hydrogen) atoms. The van der Waals surface area contributed by atoms with E-state index in [1.165, 1.54) is 0 Å². The van der Waals surface area contributed by atoms with Gasteiger partial charge in [-0.25, -0.2) is 0 Å². The molecule has 0 saturated heterocycles. The Labute approximate surface area is 114 Å². The molecule has 0 aliphatic carbocycles. The number of hydrogen-bond acceptors (Lipinski definition) is 7. The Kier molecular flexibility index (Phi) is 3.04. The van der Waals surface area contributed by atoms with E-state index in [-0.39, 0.29) is 5.25 Å². The molecule has 3 heterocycles. The minimum absolute atomic E-state index is 0.307. The second kappa shape index (κ2) is 4.85. The predicted molar refractivity (Wildman–Crippen MR) is 69.6 cm³/mol. The van der Waals surface area contributed by atoms with E-state index in [0.29, 0.717) is 23.2 Å². The Hall–Kier alpha value is -2.15. The molecule has 0 aliphatic rings. The van der Waals surface area contributed by atoms with Gasteiger partial charge in [0.15, 0.2) is 5.69 Å². The van der Waals surface area contributed by atoms with Crippen LogP contribution in [0.5, 0.6) is 0 Å². The maximum absolute atomic E-state index is 5.54. The smallest absolute Gasteiger partial charge is 0.269 e. The van der Waals surface area contributed by atoms with Crippen LogP contribution < -0.4 is 0 Å². The van der Waals surface area contributed by atoms with Gasteiger partial charge in [-0.15, -0.1) is 10.2 Å². The molecule has 3 aromatic rings. The van der Waals surface area contributed by atoms with Gasteiger partial charge >= 0.3 is 0 Å². The molecule has 6 nitrogen and oxygen atoms in total. The van der Waals surface area contributed by atoms with Gasteiger partial charge in [-0.2, -0.15) is 12.6 Å². The largest absolute Gasteiger partial charge is 0.418 e. The van der Waals surface area contributed by atoms with E-state index in [1.807, 2.05) is 18.2 Å². The highest BCUT2D eigenvalue weighted by Crippen LogP contribution is 2.27. The highest BCUT2D eigenvalue weighted by Gasteiger charge is 2.19. The summed E-state index contributed by atoms with van der Waals surface area (Å²) in [5.41, 5.74) is 1.26. The van der Waals surface area contributed by atoms with Gasteiger partial charge in [0, 0.05) is 12.3 Å². The van der Waals surface area contributed by atoms with Crippen molar-refractivity contribution in [1.82, 2.24) is 20.3 Å². The molecule has 3 rings (SSSR count). The average Bonchev–Trinajstić information content (AvgIpc) is 3.07. The van der Waals surface area contributed by atoms with Crippen molar-refractivity contribution >= 4 is 12.6 Å². The molecule has 7 heteroatoms. The first-order valence-electron chi connectivity index (χ1n) is 5.60. The molecule has 0 amide bonds. The van der Waals surface area contributed by atoms with Crippen molar-refractivity contribution < 1.29 is 8.94 Å². The molecule has 0 N–H and O–H groups in total. The number of aromatic nitrogens is 4. The molecule has 0 saturated carbocycles. The van der Waals surface area contributed by atoms with Crippen LogP contribution in [0.15, 0.2) is 39.4 Å². The maximum atomic E-state index is 5.54. The molecule has 1 atom stereocenters. The fourth-order valence-electron chi connectivity index (χ4n) is 1.58. The van der Waals surface area contributed by atoms with Crippen molar-refractivity contribution in [2.45, 2.75) is 12.2 Å². The van der Waals surface area contributed by atoms with Gasteiger partial charge in [0.2, 0.25) is 5.89 Å². The van der Waals surface area contributed by atoms with Crippen LogP contribution in [-0.4, -0.2) is 20.3 Å². The summed E-state index contributed by atoms with van der Waals surface area (Å²) in [7, 11) is 0. The molecule has 1 unspecified atom stereocenters. The lowest BCUT2D eigenvalue weighted by Crippen LogP contribution is -1.96. The lowest BCUT2D eigenvalue weighted by molar-refractivity contribution is 0.396. The van der Waals surface area contributed by atoms with Crippen LogP contribution in [0.1, 0.15) is 22.6 Å². The zero-order valence-corrected chi connectivity index (χ0v) is 10.9. The van der Waals surface area contributed by atoms with E-state index in [2.05, 4.69) is 33.0 Å². The van der Waals surface area contributed by atoms with E-state index in [4.69, 9.17) is 8.94 Å². The van der Waals surface area contributed by atoms with Crippen LogP contribution in [0.25, 0.3) is 11.6 Å². The van der Waals surface area contributed by atoms with Crippen LogP contribution >= 0.6 is 12.6 Å². The fourth-order valence-corrected chi connectivity index (χ4v) is 1.84. The summed E-state index contributed by atoms with van der Waals surface area (Å²) in [5, 5.41) is 11.3. The van der Waals surface area contributed by atoms with Crippen molar-refractivity contribution in [1.29, 1.82) is 0 Å². The van der Waals surface area contributed by atoms with Gasteiger partial charge < -0.3 is 8.94 Å².